The van der Waals surface area contributed by atoms with Crippen LogP contribution in [0.3, 0.4) is 0 Å². The molecule has 0 spiro atoms. The number of nitrogens with zero attached hydrogens (tertiary/aromatic N) is 2. The summed E-state index contributed by atoms with van der Waals surface area (Å²) in [7, 11) is -1.20. The second-order valence-corrected chi connectivity index (χ2v) is 9.87. The van der Waals surface area contributed by atoms with Crippen LogP contribution in [0.5, 0.6) is 0 Å². The smallest absolute Gasteiger partial charge is 0.410 e. The number of hydrogen-bond acceptors (Lipinski definition) is 5. The lowest BCUT2D eigenvalue weighted by Gasteiger charge is -2.33. The van der Waals surface area contributed by atoms with Crippen LogP contribution in [0.4, 0.5) is 4.79 Å². The van der Waals surface area contributed by atoms with Crippen LogP contribution in [-0.2, 0) is 15.5 Å². The molecule has 7 heteroatoms. The minimum atomic E-state index is -1.20. The van der Waals surface area contributed by atoms with Crippen LogP contribution < -0.4 is 0 Å². The highest BCUT2D eigenvalue weighted by Crippen LogP contribution is 2.28. The zero-order chi connectivity index (χ0) is 17.3. The van der Waals surface area contributed by atoms with Crippen molar-refractivity contribution in [3.63, 3.8) is 0 Å². The van der Waals surface area contributed by atoms with Gasteiger partial charge in [-0.1, -0.05) is 12.1 Å². The molecule has 0 N–H and O–H groups in total. The molecule has 0 radical (unpaired) electrons. The second kappa shape index (κ2) is 6.80. The Morgan fingerprint density at radius 3 is 2.83 bits per heavy atom. The Labute approximate surface area is 148 Å². The largest absolute Gasteiger partial charge is 0.444 e. The van der Waals surface area contributed by atoms with Crippen molar-refractivity contribution < 1.29 is 13.7 Å². The fourth-order valence-corrected chi connectivity index (χ4v) is 5.56. The molecule has 1 saturated heterocycles. The minimum Gasteiger partial charge on any atom is -0.444 e. The van der Waals surface area contributed by atoms with E-state index in [-0.39, 0.29) is 11.3 Å². The van der Waals surface area contributed by atoms with Gasteiger partial charge in [0.25, 0.3) is 0 Å². The monoisotopic (exact) mass is 366 g/mol. The Balaban J connectivity index is 1.72. The van der Waals surface area contributed by atoms with Crippen molar-refractivity contribution in [1.82, 2.24) is 9.88 Å². The van der Waals surface area contributed by atoms with Gasteiger partial charge in [0.05, 0.1) is 26.3 Å². The average molecular weight is 367 g/mol. The number of ether oxygens (including phenoxy) is 1. The van der Waals surface area contributed by atoms with Crippen LogP contribution in [0, 0.1) is 0 Å². The number of fused-ring (bicyclic) bond motifs is 1. The molecular formula is C17H22N2O3S2. The van der Waals surface area contributed by atoms with Crippen LogP contribution in [0.15, 0.2) is 28.6 Å². The Morgan fingerprint density at radius 1 is 1.38 bits per heavy atom. The van der Waals surface area contributed by atoms with Crippen LogP contribution in [-0.4, -0.2) is 44.1 Å². The lowest BCUT2D eigenvalue weighted by molar-refractivity contribution is 0.0219. The molecule has 5 nitrogen and oxygen atoms in total. The summed E-state index contributed by atoms with van der Waals surface area (Å²) in [6, 6.07) is 7.81. The van der Waals surface area contributed by atoms with Crippen LogP contribution in [0.25, 0.3) is 10.2 Å². The quantitative estimate of drug-likeness (QED) is 0.811. The van der Waals surface area contributed by atoms with E-state index in [4.69, 9.17) is 4.74 Å². The van der Waals surface area contributed by atoms with Gasteiger partial charge in [-0.25, -0.2) is 9.78 Å². The van der Waals surface area contributed by atoms with Crippen molar-refractivity contribution in [3.05, 3.63) is 24.3 Å². The van der Waals surface area contributed by atoms with Gasteiger partial charge in [0.15, 0.2) is 4.34 Å². The van der Waals surface area contributed by atoms with E-state index in [1.54, 1.807) is 4.90 Å². The van der Waals surface area contributed by atoms with Crippen molar-refractivity contribution in [2.45, 2.75) is 48.8 Å². The first kappa shape index (κ1) is 17.4. The Kier molecular flexibility index (Phi) is 4.92. The van der Waals surface area contributed by atoms with Gasteiger partial charge in [-0.05, 0) is 45.7 Å². The summed E-state index contributed by atoms with van der Waals surface area (Å²) >= 11 is 1.47. The van der Waals surface area contributed by atoms with E-state index in [2.05, 4.69) is 4.98 Å². The fourth-order valence-electron chi connectivity index (χ4n) is 2.68. The van der Waals surface area contributed by atoms with E-state index in [1.165, 1.54) is 11.3 Å². The van der Waals surface area contributed by atoms with E-state index in [0.717, 1.165) is 23.1 Å². The molecular weight excluding hydrogens is 344 g/mol. The molecule has 2 aromatic rings. The van der Waals surface area contributed by atoms with E-state index in [9.17, 15) is 9.00 Å². The number of para-hydroxylation sites is 1. The maximum Gasteiger partial charge on any atom is 0.410 e. The van der Waals surface area contributed by atoms with Gasteiger partial charge in [0.1, 0.15) is 5.60 Å². The number of benzene rings is 1. The van der Waals surface area contributed by atoms with Gasteiger partial charge in [0.2, 0.25) is 0 Å². The molecule has 1 aliphatic rings. The lowest BCUT2D eigenvalue weighted by Crippen LogP contribution is -2.45. The highest BCUT2D eigenvalue weighted by atomic mass is 32.2. The van der Waals surface area contributed by atoms with E-state index >= 15 is 0 Å². The van der Waals surface area contributed by atoms with Gasteiger partial charge in [-0.2, -0.15) is 0 Å². The fraction of sp³-hybridized carbons (Fsp3) is 0.529. The summed E-state index contributed by atoms with van der Waals surface area (Å²) in [4.78, 5) is 18.4. The van der Waals surface area contributed by atoms with Gasteiger partial charge in [-0.3, -0.25) is 4.21 Å². The minimum absolute atomic E-state index is 0.0909. The molecule has 130 valence electrons. The summed E-state index contributed by atoms with van der Waals surface area (Å²) in [5.41, 5.74) is 0.363. The number of carbonyl (C=O) groups excluding carboxylic acids is 1. The van der Waals surface area contributed by atoms with Gasteiger partial charge in [-0.15, -0.1) is 11.3 Å². The molecule has 1 amide bonds. The van der Waals surface area contributed by atoms with Gasteiger partial charge < -0.3 is 9.64 Å². The summed E-state index contributed by atoms with van der Waals surface area (Å²) in [6.45, 7) is 6.67. The standard InChI is InChI=1S/C17H22N2O3S2/c1-17(2,3)22-16(20)19-10-6-7-12(11-19)24(21)15-18-13-8-4-5-9-14(13)23-15/h4-5,8-9,12H,6-7,10-11H2,1-3H3/t12-,24-/m1/s1. The molecule has 0 aliphatic carbocycles. The van der Waals surface area contributed by atoms with Crippen LogP contribution in [0.2, 0.25) is 0 Å². The first-order valence-electron chi connectivity index (χ1n) is 8.07. The third-order valence-corrected chi connectivity index (χ3v) is 6.78. The average Bonchev–Trinajstić information content (AvgIpc) is 2.96. The Hall–Kier alpha value is -1.47. The molecule has 0 unspecified atom stereocenters. The Bertz CT molecular complexity index is 734. The van der Waals surface area contributed by atoms with Crippen LogP contribution in [0.1, 0.15) is 33.6 Å². The number of piperidine rings is 1. The third-order valence-electron chi connectivity index (χ3n) is 3.78. The normalized spacial score (nSPS) is 20.1. The van der Waals surface area contributed by atoms with Crippen LogP contribution >= 0.6 is 11.3 Å². The zero-order valence-corrected chi connectivity index (χ0v) is 15.8. The summed E-state index contributed by atoms with van der Waals surface area (Å²) in [5.74, 6) is 0. The second-order valence-electron chi connectivity index (χ2n) is 6.94. The lowest BCUT2D eigenvalue weighted by atomic mass is 10.1. The van der Waals surface area contributed by atoms with E-state index < -0.39 is 16.4 Å². The molecule has 1 aromatic heterocycles. The van der Waals surface area contributed by atoms with E-state index in [1.807, 2.05) is 45.0 Å². The number of carbonyl (C=O) groups is 1. The number of aromatic nitrogens is 1. The highest BCUT2D eigenvalue weighted by Gasteiger charge is 2.31. The third kappa shape index (κ3) is 3.95. The zero-order valence-electron chi connectivity index (χ0n) is 14.2. The van der Waals surface area contributed by atoms with Crippen molar-refractivity contribution in [2.24, 2.45) is 0 Å². The van der Waals surface area contributed by atoms with Gasteiger partial charge in [0, 0.05) is 13.1 Å². The molecule has 2 atom stereocenters. The molecule has 0 bridgehead atoms. The predicted molar refractivity (Wildman–Crippen MR) is 96.9 cm³/mol. The number of amides is 1. The summed E-state index contributed by atoms with van der Waals surface area (Å²) in [5, 5.41) is -0.0909. The Morgan fingerprint density at radius 2 is 2.12 bits per heavy atom. The summed E-state index contributed by atoms with van der Waals surface area (Å²) in [6.07, 6.45) is 1.34. The first-order chi connectivity index (χ1) is 11.3. The topological polar surface area (TPSA) is 59.5 Å². The maximum atomic E-state index is 12.9. The van der Waals surface area contributed by atoms with Crippen molar-refractivity contribution in [2.75, 3.05) is 13.1 Å². The molecule has 3 rings (SSSR count). The van der Waals surface area contributed by atoms with Crippen molar-refractivity contribution in [3.8, 4) is 0 Å². The van der Waals surface area contributed by atoms with E-state index in [0.29, 0.717) is 17.4 Å². The molecule has 1 fully saturated rings. The maximum absolute atomic E-state index is 12.9. The number of thiazole rings is 1. The number of rotatable bonds is 2. The van der Waals surface area contributed by atoms with Crippen molar-refractivity contribution >= 4 is 38.4 Å². The first-order valence-corrected chi connectivity index (χ1v) is 10.1. The summed E-state index contributed by atoms with van der Waals surface area (Å²) < 4.78 is 20.0. The van der Waals surface area contributed by atoms with Crippen molar-refractivity contribution in [1.29, 1.82) is 0 Å². The highest BCUT2D eigenvalue weighted by molar-refractivity contribution is 7.88. The predicted octanol–water partition coefficient (Wildman–Crippen LogP) is 3.80. The molecule has 0 saturated carbocycles. The number of likely N-dealkylation sites (tertiary alicyclic amines) is 1. The molecule has 1 aromatic carbocycles. The molecule has 24 heavy (non-hydrogen) atoms. The molecule has 2 heterocycles. The number of hydrogen-bond donors (Lipinski definition) is 0. The SMILES string of the molecule is CC(C)(C)OC(=O)N1CCC[C@@H]([S@@](=O)c2nc3ccccc3s2)C1. The van der Waals surface area contributed by atoms with Gasteiger partial charge >= 0.3 is 6.09 Å². The molecule has 1 aliphatic heterocycles.